The normalized spacial score (nSPS) is 30.6. The molecule has 2 atom stereocenters. The Hall–Kier alpha value is 0.420. The SMILES string of the molecule is CS[C@H]1CCCC[C@@H]1NCC(C)(C)N1CCS(=O)CC1. The Balaban J connectivity index is 1.83. The van der Waals surface area contributed by atoms with E-state index in [1.807, 2.05) is 11.8 Å². The first-order chi connectivity index (χ1) is 9.53. The molecule has 1 aliphatic carbocycles. The molecule has 2 fully saturated rings. The number of thioether (sulfide) groups is 1. The minimum absolute atomic E-state index is 0.172. The first kappa shape index (κ1) is 16.8. The van der Waals surface area contributed by atoms with E-state index in [1.165, 1.54) is 25.7 Å². The van der Waals surface area contributed by atoms with E-state index in [1.54, 1.807) is 0 Å². The second-order valence-electron chi connectivity index (χ2n) is 6.69. The Morgan fingerprint density at radius 1 is 1.25 bits per heavy atom. The summed E-state index contributed by atoms with van der Waals surface area (Å²) in [6, 6.07) is 0.678. The van der Waals surface area contributed by atoms with Crippen molar-refractivity contribution in [2.45, 2.75) is 56.4 Å². The number of rotatable bonds is 5. The van der Waals surface area contributed by atoms with Crippen LogP contribution in [-0.2, 0) is 10.8 Å². The number of nitrogens with one attached hydrogen (secondary N) is 1. The van der Waals surface area contributed by atoms with Gasteiger partial charge in [-0.3, -0.25) is 9.11 Å². The Kier molecular flexibility index (Phi) is 6.39. The van der Waals surface area contributed by atoms with Gasteiger partial charge in [0.25, 0.3) is 0 Å². The largest absolute Gasteiger partial charge is 0.311 e. The molecule has 1 saturated carbocycles. The first-order valence-electron chi connectivity index (χ1n) is 7.89. The highest BCUT2D eigenvalue weighted by Crippen LogP contribution is 2.27. The molecule has 0 aromatic rings. The van der Waals surface area contributed by atoms with Crippen LogP contribution < -0.4 is 5.32 Å². The fourth-order valence-corrected chi connectivity index (χ4v) is 5.36. The molecule has 20 heavy (non-hydrogen) atoms. The van der Waals surface area contributed by atoms with Crippen molar-refractivity contribution in [3.63, 3.8) is 0 Å². The fourth-order valence-electron chi connectivity index (χ4n) is 3.35. The van der Waals surface area contributed by atoms with Gasteiger partial charge in [-0.25, -0.2) is 0 Å². The molecule has 0 bridgehead atoms. The molecule has 0 spiro atoms. The van der Waals surface area contributed by atoms with Crippen molar-refractivity contribution in [2.75, 3.05) is 37.4 Å². The van der Waals surface area contributed by atoms with E-state index in [2.05, 4.69) is 30.3 Å². The van der Waals surface area contributed by atoms with Crippen molar-refractivity contribution in [1.29, 1.82) is 0 Å². The number of hydrogen-bond donors (Lipinski definition) is 1. The van der Waals surface area contributed by atoms with E-state index in [9.17, 15) is 4.21 Å². The molecular formula is C15H30N2OS2. The number of hydrogen-bond acceptors (Lipinski definition) is 4. The van der Waals surface area contributed by atoms with Crippen LogP contribution in [0.3, 0.4) is 0 Å². The van der Waals surface area contributed by atoms with Gasteiger partial charge >= 0.3 is 0 Å². The summed E-state index contributed by atoms with van der Waals surface area (Å²) in [5.74, 6) is 1.70. The van der Waals surface area contributed by atoms with E-state index in [0.717, 1.165) is 36.4 Å². The van der Waals surface area contributed by atoms with Gasteiger partial charge in [-0.15, -0.1) is 0 Å². The summed E-state index contributed by atoms with van der Waals surface area (Å²) in [5.41, 5.74) is 0.172. The molecule has 1 heterocycles. The minimum atomic E-state index is -0.576. The van der Waals surface area contributed by atoms with Crippen molar-refractivity contribution in [2.24, 2.45) is 0 Å². The van der Waals surface area contributed by atoms with Crippen molar-refractivity contribution in [3.8, 4) is 0 Å². The zero-order chi connectivity index (χ0) is 14.6. The summed E-state index contributed by atoms with van der Waals surface area (Å²) in [6.07, 6.45) is 7.70. The van der Waals surface area contributed by atoms with Crippen LogP contribution in [0.5, 0.6) is 0 Å². The molecule has 118 valence electrons. The van der Waals surface area contributed by atoms with Gasteiger partial charge in [0, 0.05) is 58.8 Å². The van der Waals surface area contributed by atoms with Gasteiger partial charge in [-0.2, -0.15) is 11.8 Å². The molecule has 5 heteroatoms. The Morgan fingerprint density at radius 2 is 1.90 bits per heavy atom. The lowest BCUT2D eigenvalue weighted by Crippen LogP contribution is -2.57. The summed E-state index contributed by atoms with van der Waals surface area (Å²) in [6.45, 7) is 7.66. The van der Waals surface area contributed by atoms with Crippen LogP contribution in [0.25, 0.3) is 0 Å². The van der Waals surface area contributed by atoms with Crippen molar-refractivity contribution >= 4 is 22.6 Å². The predicted molar refractivity (Wildman–Crippen MR) is 91.1 cm³/mol. The molecule has 0 aromatic heterocycles. The van der Waals surface area contributed by atoms with Gasteiger partial charge in [0.05, 0.1) is 0 Å². The third-order valence-corrected chi connectivity index (χ3v) is 7.28. The van der Waals surface area contributed by atoms with Crippen LogP contribution >= 0.6 is 11.8 Å². The average molecular weight is 319 g/mol. The third-order valence-electron chi connectivity index (χ3n) is 4.84. The van der Waals surface area contributed by atoms with Crippen LogP contribution in [0.1, 0.15) is 39.5 Å². The second-order valence-corrected chi connectivity index (χ2v) is 9.47. The first-order valence-corrected chi connectivity index (χ1v) is 10.7. The monoisotopic (exact) mass is 318 g/mol. The molecule has 1 aliphatic heterocycles. The summed E-state index contributed by atoms with van der Waals surface area (Å²) in [4.78, 5) is 2.51. The van der Waals surface area contributed by atoms with Gasteiger partial charge in [0.1, 0.15) is 0 Å². The van der Waals surface area contributed by atoms with Gasteiger partial charge in [0.2, 0.25) is 0 Å². The highest BCUT2D eigenvalue weighted by atomic mass is 32.2. The fraction of sp³-hybridized carbons (Fsp3) is 1.00. The minimum Gasteiger partial charge on any atom is -0.311 e. The summed E-state index contributed by atoms with van der Waals surface area (Å²) < 4.78 is 11.5. The summed E-state index contributed by atoms with van der Waals surface area (Å²) >= 11 is 2.02. The number of nitrogens with zero attached hydrogens (tertiary/aromatic N) is 1. The standard InChI is InChI=1S/C15H30N2OS2/c1-15(2,17-8-10-20(18)11-9-17)12-16-13-6-4-5-7-14(13)19-3/h13-14,16H,4-12H2,1-3H3/t13-,14-/m0/s1. The molecule has 3 nitrogen and oxygen atoms in total. The lowest BCUT2D eigenvalue weighted by Gasteiger charge is -2.42. The zero-order valence-corrected chi connectivity index (χ0v) is 14.8. The summed E-state index contributed by atoms with van der Waals surface area (Å²) in [5, 5.41) is 4.62. The zero-order valence-electron chi connectivity index (χ0n) is 13.2. The average Bonchev–Trinajstić information content (AvgIpc) is 2.46. The molecular weight excluding hydrogens is 288 g/mol. The third kappa shape index (κ3) is 4.46. The van der Waals surface area contributed by atoms with Crippen molar-refractivity contribution in [3.05, 3.63) is 0 Å². The van der Waals surface area contributed by atoms with E-state index in [-0.39, 0.29) is 5.54 Å². The smallest absolute Gasteiger partial charge is 0.0363 e. The Morgan fingerprint density at radius 3 is 2.55 bits per heavy atom. The highest BCUT2D eigenvalue weighted by Gasteiger charge is 2.31. The van der Waals surface area contributed by atoms with Crippen LogP contribution in [0, 0.1) is 0 Å². The van der Waals surface area contributed by atoms with E-state index < -0.39 is 10.8 Å². The topological polar surface area (TPSA) is 32.3 Å². The molecule has 1 saturated heterocycles. The predicted octanol–water partition coefficient (Wildman–Crippen LogP) is 2.09. The van der Waals surface area contributed by atoms with E-state index in [4.69, 9.17) is 0 Å². The molecule has 0 unspecified atom stereocenters. The molecule has 2 aliphatic rings. The van der Waals surface area contributed by atoms with Gasteiger partial charge in [0.15, 0.2) is 0 Å². The lowest BCUT2D eigenvalue weighted by atomic mass is 9.93. The lowest BCUT2D eigenvalue weighted by molar-refractivity contribution is 0.125. The highest BCUT2D eigenvalue weighted by molar-refractivity contribution is 7.99. The molecule has 0 aromatic carbocycles. The van der Waals surface area contributed by atoms with E-state index >= 15 is 0 Å². The maximum atomic E-state index is 11.5. The van der Waals surface area contributed by atoms with Gasteiger partial charge in [-0.1, -0.05) is 12.8 Å². The van der Waals surface area contributed by atoms with Crippen molar-refractivity contribution in [1.82, 2.24) is 10.2 Å². The Bertz CT molecular complexity index is 326. The molecule has 2 rings (SSSR count). The quantitative estimate of drug-likeness (QED) is 0.841. The maximum absolute atomic E-state index is 11.5. The van der Waals surface area contributed by atoms with Gasteiger partial charge in [-0.05, 0) is 32.9 Å². The Labute approximate surface area is 131 Å². The van der Waals surface area contributed by atoms with E-state index in [0.29, 0.717) is 6.04 Å². The summed E-state index contributed by atoms with van der Waals surface area (Å²) in [7, 11) is -0.576. The van der Waals surface area contributed by atoms with Crippen LogP contribution in [-0.4, -0.2) is 63.3 Å². The molecule has 0 amide bonds. The van der Waals surface area contributed by atoms with Crippen LogP contribution in [0.4, 0.5) is 0 Å². The van der Waals surface area contributed by atoms with Crippen LogP contribution in [0.2, 0.25) is 0 Å². The maximum Gasteiger partial charge on any atom is 0.0363 e. The van der Waals surface area contributed by atoms with Crippen LogP contribution in [0.15, 0.2) is 0 Å². The molecule has 0 radical (unpaired) electrons. The second kappa shape index (κ2) is 7.61. The van der Waals surface area contributed by atoms with Crippen molar-refractivity contribution < 1.29 is 4.21 Å². The van der Waals surface area contributed by atoms with Gasteiger partial charge < -0.3 is 5.32 Å². The molecule has 1 N–H and O–H groups in total.